The van der Waals surface area contributed by atoms with Crippen LogP contribution in [-0.2, 0) is 5.41 Å². The lowest BCUT2D eigenvalue weighted by Gasteiger charge is -2.16. The first-order valence-electron chi connectivity index (χ1n) is 8.10. The summed E-state index contributed by atoms with van der Waals surface area (Å²) < 4.78 is 13.7. The van der Waals surface area contributed by atoms with Gasteiger partial charge in [-0.15, -0.1) is 0 Å². The first-order valence-corrected chi connectivity index (χ1v) is 8.10. The van der Waals surface area contributed by atoms with Crippen molar-refractivity contribution in [2.24, 2.45) is 0 Å². The van der Waals surface area contributed by atoms with Gasteiger partial charge < -0.3 is 15.0 Å². The Morgan fingerprint density at radius 2 is 1.62 bits per heavy atom. The Kier molecular flexibility index (Phi) is 4.46. The van der Waals surface area contributed by atoms with Gasteiger partial charge in [0.15, 0.2) is 0 Å². The Bertz CT molecular complexity index is 1180. The molecule has 3 aromatic rings. The van der Waals surface area contributed by atoms with Crippen LogP contribution in [0.25, 0.3) is 12.2 Å². The number of benzene rings is 1. The predicted molar refractivity (Wildman–Crippen MR) is 97.8 cm³/mol. The molecule has 0 amide bonds. The molecule has 3 N–H and O–H groups in total. The van der Waals surface area contributed by atoms with Gasteiger partial charge in [0.05, 0.1) is 12.0 Å². The molecule has 0 saturated carbocycles. The number of halogens is 1. The van der Waals surface area contributed by atoms with Crippen LogP contribution in [0, 0.1) is 5.82 Å². The maximum atomic E-state index is 13.7. The Morgan fingerprint density at radius 3 is 2.23 bits per heavy atom. The Morgan fingerprint density at radius 1 is 1.00 bits per heavy atom. The highest BCUT2D eigenvalue weighted by atomic mass is 19.1. The molecule has 1 aromatic carbocycles. The van der Waals surface area contributed by atoms with Crippen molar-refractivity contribution in [3.05, 3.63) is 84.8 Å². The molecule has 0 spiro atoms. The molecule has 6 nitrogen and oxygen atoms in total. The van der Waals surface area contributed by atoms with E-state index in [2.05, 4.69) is 19.9 Å². The molecule has 134 valence electrons. The largest absolute Gasteiger partial charge is 0.348 e. The SMILES string of the molecule is CC(C)(C)c1[nH]cnc1C=c1[nH]c(=O)c(=Cc2ccccc2F)[nH]c1=O. The summed E-state index contributed by atoms with van der Waals surface area (Å²) in [6, 6.07) is 6.00. The second kappa shape index (κ2) is 6.59. The number of aromatic nitrogens is 4. The van der Waals surface area contributed by atoms with Crippen molar-refractivity contribution < 1.29 is 4.39 Å². The van der Waals surface area contributed by atoms with E-state index in [4.69, 9.17) is 0 Å². The van der Waals surface area contributed by atoms with Crippen LogP contribution in [0.4, 0.5) is 4.39 Å². The first kappa shape index (κ1) is 17.6. The molecule has 0 saturated heterocycles. The minimum atomic E-state index is -0.521. The van der Waals surface area contributed by atoms with Gasteiger partial charge in [0.2, 0.25) is 0 Å². The van der Waals surface area contributed by atoms with E-state index in [1.807, 2.05) is 20.8 Å². The molecule has 0 aliphatic rings. The van der Waals surface area contributed by atoms with Crippen LogP contribution < -0.4 is 21.8 Å². The third kappa shape index (κ3) is 3.56. The number of nitrogens with zero attached hydrogens (tertiary/aromatic N) is 1. The summed E-state index contributed by atoms with van der Waals surface area (Å²) >= 11 is 0. The summed E-state index contributed by atoms with van der Waals surface area (Å²) in [5, 5.41) is 0.0635. The van der Waals surface area contributed by atoms with Crippen LogP contribution in [0.5, 0.6) is 0 Å². The smallest absolute Gasteiger partial charge is 0.272 e. The fourth-order valence-corrected chi connectivity index (χ4v) is 2.60. The molecule has 2 heterocycles. The molecule has 0 unspecified atom stereocenters. The quantitative estimate of drug-likeness (QED) is 0.638. The van der Waals surface area contributed by atoms with Crippen molar-refractivity contribution in [1.29, 1.82) is 0 Å². The average molecular weight is 354 g/mol. The van der Waals surface area contributed by atoms with Gasteiger partial charge in [-0.25, -0.2) is 9.37 Å². The highest BCUT2D eigenvalue weighted by molar-refractivity contribution is 5.49. The van der Waals surface area contributed by atoms with Gasteiger partial charge in [0, 0.05) is 16.7 Å². The van der Waals surface area contributed by atoms with Gasteiger partial charge in [0.25, 0.3) is 11.1 Å². The van der Waals surface area contributed by atoms with E-state index in [9.17, 15) is 14.0 Å². The Hall–Kier alpha value is -3.22. The van der Waals surface area contributed by atoms with Gasteiger partial charge in [-0.1, -0.05) is 39.0 Å². The second-order valence-corrected chi connectivity index (χ2v) is 6.96. The topological polar surface area (TPSA) is 94.4 Å². The normalized spacial score (nSPS) is 13.4. The van der Waals surface area contributed by atoms with Crippen molar-refractivity contribution in [3.63, 3.8) is 0 Å². The Labute approximate surface area is 148 Å². The summed E-state index contributed by atoms with van der Waals surface area (Å²) in [6.45, 7) is 6.03. The fourth-order valence-electron chi connectivity index (χ4n) is 2.60. The molecule has 0 aliphatic heterocycles. The monoisotopic (exact) mass is 354 g/mol. The van der Waals surface area contributed by atoms with Crippen LogP contribution in [0.2, 0.25) is 0 Å². The number of rotatable bonds is 2. The minimum Gasteiger partial charge on any atom is -0.348 e. The minimum absolute atomic E-state index is 0.0182. The maximum absolute atomic E-state index is 13.7. The van der Waals surface area contributed by atoms with Crippen LogP contribution >= 0.6 is 0 Å². The summed E-state index contributed by atoms with van der Waals surface area (Å²) in [6.07, 6.45) is 4.36. The molecule has 0 radical (unpaired) electrons. The van der Waals surface area contributed by atoms with Crippen molar-refractivity contribution in [1.82, 2.24) is 19.9 Å². The molecular formula is C19H19FN4O2. The van der Waals surface area contributed by atoms with Crippen LogP contribution in [0.15, 0.2) is 40.2 Å². The van der Waals surface area contributed by atoms with Crippen molar-refractivity contribution >= 4 is 12.2 Å². The molecule has 2 aromatic heterocycles. The summed E-state index contributed by atoms with van der Waals surface area (Å²) in [4.78, 5) is 36.9. The third-order valence-electron chi connectivity index (χ3n) is 3.89. The lowest BCUT2D eigenvalue weighted by atomic mass is 9.90. The lowest BCUT2D eigenvalue weighted by Crippen LogP contribution is -2.46. The number of imidazole rings is 1. The number of aromatic amines is 3. The standard InChI is InChI=1S/C19H19FN4O2/c1-19(2,3)16-13(21-10-22-16)9-15-18(26)23-14(17(25)24-15)8-11-6-4-5-7-12(11)20/h4-10H,1-3H3,(H,21,22)(H,23,26)(H,24,25). The molecule has 0 aliphatic carbocycles. The lowest BCUT2D eigenvalue weighted by molar-refractivity contribution is 0.571. The number of nitrogens with one attached hydrogen (secondary N) is 3. The average Bonchev–Trinajstić information content (AvgIpc) is 3.03. The number of hydrogen-bond acceptors (Lipinski definition) is 3. The summed E-state index contributed by atoms with van der Waals surface area (Å²) in [5.74, 6) is -0.477. The first-order chi connectivity index (χ1) is 12.3. The van der Waals surface area contributed by atoms with Crippen LogP contribution in [0.3, 0.4) is 0 Å². The van der Waals surface area contributed by atoms with Crippen molar-refractivity contribution in [3.8, 4) is 0 Å². The van der Waals surface area contributed by atoms with E-state index >= 15 is 0 Å². The van der Waals surface area contributed by atoms with Gasteiger partial charge in [-0.2, -0.15) is 0 Å². The molecule has 0 fully saturated rings. The van der Waals surface area contributed by atoms with E-state index < -0.39 is 16.9 Å². The van der Waals surface area contributed by atoms with Crippen LogP contribution in [0.1, 0.15) is 37.7 Å². The number of hydrogen-bond donors (Lipinski definition) is 3. The second-order valence-electron chi connectivity index (χ2n) is 6.96. The van der Waals surface area contributed by atoms with Crippen LogP contribution in [-0.4, -0.2) is 19.9 Å². The molecule has 0 atom stereocenters. The van der Waals surface area contributed by atoms with Gasteiger partial charge >= 0.3 is 0 Å². The zero-order valence-electron chi connectivity index (χ0n) is 14.7. The zero-order valence-corrected chi connectivity index (χ0v) is 14.7. The number of H-pyrrole nitrogens is 3. The van der Waals surface area contributed by atoms with Crippen molar-refractivity contribution in [2.75, 3.05) is 0 Å². The third-order valence-corrected chi connectivity index (χ3v) is 3.89. The van der Waals surface area contributed by atoms with Gasteiger partial charge in [-0.05, 0) is 18.2 Å². The van der Waals surface area contributed by atoms with Gasteiger partial charge in [0.1, 0.15) is 16.5 Å². The Balaban J connectivity index is 2.16. The predicted octanol–water partition coefficient (Wildman–Crippen LogP) is 0.880. The van der Waals surface area contributed by atoms with E-state index in [0.717, 1.165) is 5.69 Å². The fraction of sp³-hybridized carbons (Fsp3) is 0.211. The summed E-state index contributed by atoms with van der Waals surface area (Å²) in [7, 11) is 0. The summed E-state index contributed by atoms with van der Waals surface area (Å²) in [5.41, 5.74) is 0.424. The van der Waals surface area contributed by atoms with Crippen molar-refractivity contribution in [2.45, 2.75) is 26.2 Å². The molecular weight excluding hydrogens is 335 g/mol. The molecule has 7 heteroatoms. The van der Waals surface area contributed by atoms with E-state index in [1.54, 1.807) is 18.5 Å². The highest BCUT2D eigenvalue weighted by Gasteiger charge is 2.19. The van der Waals surface area contributed by atoms with Gasteiger partial charge in [-0.3, -0.25) is 9.59 Å². The zero-order chi connectivity index (χ0) is 18.9. The molecule has 0 bridgehead atoms. The van der Waals surface area contributed by atoms with E-state index in [1.165, 1.54) is 24.3 Å². The molecule has 3 rings (SSSR count). The highest BCUT2D eigenvalue weighted by Crippen LogP contribution is 2.22. The molecule has 26 heavy (non-hydrogen) atoms. The van der Waals surface area contributed by atoms with E-state index in [-0.39, 0.29) is 21.7 Å². The maximum Gasteiger partial charge on any atom is 0.272 e. The van der Waals surface area contributed by atoms with E-state index in [0.29, 0.717) is 5.69 Å².